The third-order valence-electron chi connectivity index (χ3n) is 8.10. The molecule has 2 aromatic heterocycles. The SMILES string of the molecule is CC1(C)OB(c2c(F)c3c4nsnc4c(B4OC(C)(C)C(C)(C)O4)c(F)c3c3nsnc23)OC1(C)C. The Balaban J connectivity index is 1.66. The molecular formula is C22H24B2F2N4O4S2. The lowest BCUT2D eigenvalue weighted by Crippen LogP contribution is -2.41. The zero-order chi connectivity index (χ0) is 26.0. The number of hydrogen-bond donors (Lipinski definition) is 0. The third kappa shape index (κ3) is 3.11. The van der Waals surface area contributed by atoms with Gasteiger partial charge in [-0.2, -0.15) is 17.5 Å². The zero-order valence-corrected chi connectivity index (χ0v) is 22.8. The van der Waals surface area contributed by atoms with Crippen molar-refractivity contribution in [2.45, 2.75) is 77.8 Å². The fourth-order valence-corrected chi connectivity index (χ4v) is 5.69. The molecule has 0 saturated carbocycles. The van der Waals surface area contributed by atoms with E-state index in [4.69, 9.17) is 18.6 Å². The minimum atomic E-state index is -1.06. The number of rotatable bonds is 2. The molecule has 0 atom stereocenters. The van der Waals surface area contributed by atoms with Gasteiger partial charge in [-0.05, 0) is 55.4 Å². The van der Waals surface area contributed by atoms with E-state index in [0.717, 1.165) is 23.5 Å². The highest BCUT2D eigenvalue weighted by Gasteiger charge is 2.55. The van der Waals surface area contributed by atoms with Crippen molar-refractivity contribution in [2.75, 3.05) is 0 Å². The monoisotopic (exact) mass is 532 g/mol. The van der Waals surface area contributed by atoms with Gasteiger partial charge in [-0.3, -0.25) is 0 Å². The van der Waals surface area contributed by atoms with Gasteiger partial charge in [0.15, 0.2) is 0 Å². The minimum absolute atomic E-state index is 0.0403. The number of benzene rings is 2. The van der Waals surface area contributed by atoms with Crippen LogP contribution in [0.25, 0.3) is 32.8 Å². The van der Waals surface area contributed by atoms with Crippen molar-refractivity contribution in [3.8, 4) is 0 Å². The first-order valence-corrected chi connectivity index (χ1v) is 13.0. The smallest absolute Gasteiger partial charge is 0.399 e. The van der Waals surface area contributed by atoms with Gasteiger partial charge in [0.25, 0.3) is 0 Å². The fourth-order valence-electron chi connectivity index (χ4n) is 4.55. The maximum absolute atomic E-state index is 16.5. The summed E-state index contributed by atoms with van der Waals surface area (Å²) in [6.07, 6.45) is 0. The van der Waals surface area contributed by atoms with Crippen molar-refractivity contribution < 1.29 is 27.4 Å². The van der Waals surface area contributed by atoms with Crippen LogP contribution in [-0.4, -0.2) is 54.1 Å². The Labute approximate surface area is 215 Å². The summed E-state index contributed by atoms with van der Waals surface area (Å²) in [6.45, 7) is 15.0. The molecule has 0 N–H and O–H groups in total. The van der Waals surface area contributed by atoms with E-state index in [1.807, 2.05) is 55.4 Å². The lowest BCUT2D eigenvalue weighted by atomic mass is 9.73. The summed E-state index contributed by atoms with van der Waals surface area (Å²) in [5.41, 5.74) is -1.93. The van der Waals surface area contributed by atoms with Gasteiger partial charge in [-0.1, -0.05) is 0 Å². The summed E-state index contributed by atoms with van der Waals surface area (Å²) in [4.78, 5) is 0. The van der Waals surface area contributed by atoms with Gasteiger partial charge in [0.2, 0.25) is 0 Å². The van der Waals surface area contributed by atoms with Crippen molar-refractivity contribution in [2.24, 2.45) is 0 Å². The van der Waals surface area contributed by atoms with Crippen LogP contribution in [0.3, 0.4) is 0 Å². The predicted molar refractivity (Wildman–Crippen MR) is 137 cm³/mol. The average Bonchev–Trinajstić information content (AvgIpc) is 3.48. The lowest BCUT2D eigenvalue weighted by Gasteiger charge is -2.32. The summed E-state index contributed by atoms with van der Waals surface area (Å²) < 4.78 is 74.8. The summed E-state index contributed by atoms with van der Waals surface area (Å²) in [5, 5.41) is -0.0807. The first-order chi connectivity index (χ1) is 16.7. The Hall–Kier alpha value is -1.83. The van der Waals surface area contributed by atoms with Gasteiger partial charge in [0, 0.05) is 10.9 Å². The molecule has 6 rings (SSSR count). The van der Waals surface area contributed by atoms with E-state index in [-0.39, 0.29) is 43.8 Å². The van der Waals surface area contributed by atoms with Gasteiger partial charge in [-0.25, -0.2) is 8.78 Å². The standard InChI is InChI=1S/C22H24B2F2N4O4S2/c1-19(2)20(3,4)32-23(31-19)11-13(25)9-10(15-17(11)29-35-27-15)14(26)12(18-16(9)28-36-30-18)24-33-21(5,6)22(7,8)34-24/h1-8H3. The molecule has 2 aromatic carbocycles. The second-order valence-corrected chi connectivity index (χ2v) is 12.4. The van der Waals surface area contributed by atoms with Crippen LogP contribution in [0.4, 0.5) is 8.78 Å². The van der Waals surface area contributed by atoms with Crippen LogP contribution in [0, 0.1) is 11.6 Å². The molecule has 0 aliphatic carbocycles. The molecule has 4 heterocycles. The maximum atomic E-state index is 16.5. The van der Waals surface area contributed by atoms with E-state index in [9.17, 15) is 0 Å². The quantitative estimate of drug-likeness (QED) is 0.361. The number of nitrogens with zero attached hydrogens (tertiary/aromatic N) is 4. The van der Waals surface area contributed by atoms with Crippen LogP contribution >= 0.6 is 23.5 Å². The van der Waals surface area contributed by atoms with E-state index < -0.39 is 48.3 Å². The Morgan fingerprint density at radius 1 is 0.528 bits per heavy atom. The second kappa shape index (κ2) is 7.39. The maximum Gasteiger partial charge on any atom is 0.500 e. The number of hydrogen-bond acceptors (Lipinski definition) is 10. The lowest BCUT2D eigenvalue weighted by molar-refractivity contribution is 0.00578. The molecule has 0 spiro atoms. The van der Waals surface area contributed by atoms with Crippen molar-refractivity contribution in [1.29, 1.82) is 0 Å². The highest BCUT2D eigenvalue weighted by molar-refractivity contribution is 7.00. The van der Waals surface area contributed by atoms with Crippen molar-refractivity contribution >= 4 is 81.5 Å². The van der Waals surface area contributed by atoms with E-state index in [1.54, 1.807) is 0 Å². The van der Waals surface area contributed by atoms with E-state index in [1.165, 1.54) is 0 Å². The van der Waals surface area contributed by atoms with Crippen molar-refractivity contribution in [1.82, 2.24) is 17.5 Å². The average molecular weight is 532 g/mol. The summed E-state index contributed by atoms with van der Waals surface area (Å²) in [5.74, 6) is -1.44. The Kier molecular flexibility index (Phi) is 5.03. The van der Waals surface area contributed by atoms with Crippen LogP contribution in [0.1, 0.15) is 55.4 Å². The Bertz CT molecular complexity index is 1420. The highest BCUT2D eigenvalue weighted by atomic mass is 32.1. The van der Waals surface area contributed by atoms with Gasteiger partial charge >= 0.3 is 14.2 Å². The van der Waals surface area contributed by atoms with Crippen LogP contribution in [0.15, 0.2) is 0 Å². The van der Waals surface area contributed by atoms with E-state index in [0.29, 0.717) is 0 Å². The van der Waals surface area contributed by atoms with Crippen molar-refractivity contribution in [3.05, 3.63) is 11.6 Å². The van der Waals surface area contributed by atoms with Crippen molar-refractivity contribution in [3.63, 3.8) is 0 Å². The molecule has 2 aliphatic heterocycles. The summed E-state index contributed by atoms with van der Waals surface area (Å²) in [7, 11) is -2.11. The molecule has 2 saturated heterocycles. The topological polar surface area (TPSA) is 88.5 Å². The molecule has 2 fully saturated rings. The fraction of sp³-hybridized carbons (Fsp3) is 0.545. The zero-order valence-electron chi connectivity index (χ0n) is 21.1. The molecule has 14 heteroatoms. The molecule has 8 nitrogen and oxygen atoms in total. The molecule has 0 amide bonds. The van der Waals surface area contributed by atoms with Gasteiger partial charge < -0.3 is 18.6 Å². The Morgan fingerprint density at radius 2 is 0.806 bits per heavy atom. The van der Waals surface area contributed by atoms with E-state index >= 15 is 8.78 Å². The summed E-state index contributed by atoms with van der Waals surface area (Å²) in [6, 6.07) is 0. The van der Waals surface area contributed by atoms with Crippen LogP contribution < -0.4 is 10.9 Å². The number of aromatic nitrogens is 4. The molecule has 0 unspecified atom stereocenters. The molecule has 0 radical (unpaired) electrons. The molecule has 0 bridgehead atoms. The first-order valence-electron chi connectivity index (χ1n) is 11.6. The van der Waals surface area contributed by atoms with Crippen LogP contribution in [0.5, 0.6) is 0 Å². The second-order valence-electron chi connectivity index (χ2n) is 11.3. The normalized spacial score (nSPS) is 22.5. The number of halogens is 2. The molecular weight excluding hydrogens is 508 g/mol. The van der Waals surface area contributed by atoms with Gasteiger partial charge in [0.05, 0.1) is 56.6 Å². The first kappa shape index (κ1) is 24.5. The molecule has 36 heavy (non-hydrogen) atoms. The summed E-state index contributed by atoms with van der Waals surface area (Å²) >= 11 is 1.73. The van der Waals surface area contributed by atoms with E-state index in [2.05, 4.69) is 17.5 Å². The Morgan fingerprint density at radius 3 is 1.11 bits per heavy atom. The number of fused-ring (bicyclic) bond motifs is 5. The molecule has 188 valence electrons. The van der Waals surface area contributed by atoms with Crippen LogP contribution in [0.2, 0.25) is 0 Å². The van der Waals surface area contributed by atoms with Crippen LogP contribution in [-0.2, 0) is 18.6 Å². The highest BCUT2D eigenvalue weighted by Crippen LogP contribution is 2.41. The predicted octanol–water partition coefficient (Wildman–Crippen LogP) is 3.73. The molecule has 4 aromatic rings. The largest absolute Gasteiger partial charge is 0.500 e. The van der Waals surface area contributed by atoms with Gasteiger partial charge in [0.1, 0.15) is 33.7 Å². The van der Waals surface area contributed by atoms with Gasteiger partial charge in [-0.15, -0.1) is 0 Å². The minimum Gasteiger partial charge on any atom is -0.399 e. The third-order valence-corrected chi connectivity index (χ3v) is 9.16. The molecule has 2 aliphatic rings.